The summed E-state index contributed by atoms with van der Waals surface area (Å²) in [6, 6.07) is 28.6. The van der Waals surface area contributed by atoms with Gasteiger partial charge in [0.05, 0.1) is 30.5 Å². The molecule has 0 radical (unpaired) electrons. The van der Waals surface area contributed by atoms with Gasteiger partial charge in [-0.25, -0.2) is 4.68 Å². The second kappa shape index (κ2) is 14.6. The van der Waals surface area contributed by atoms with Crippen molar-refractivity contribution < 1.29 is 19.0 Å². The van der Waals surface area contributed by atoms with E-state index in [1.165, 1.54) is 11.8 Å². The van der Waals surface area contributed by atoms with Crippen molar-refractivity contribution in [2.45, 2.75) is 13.0 Å². The van der Waals surface area contributed by atoms with Crippen LogP contribution in [0.15, 0.2) is 102 Å². The third-order valence-electron chi connectivity index (χ3n) is 7.53. The summed E-state index contributed by atoms with van der Waals surface area (Å²) in [5, 5.41) is 6.04. The van der Waals surface area contributed by atoms with Gasteiger partial charge >= 0.3 is 0 Å². The molecule has 7 nitrogen and oxygen atoms in total. The molecule has 0 unspecified atom stereocenters. The van der Waals surface area contributed by atoms with Gasteiger partial charge in [0.2, 0.25) is 0 Å². The molecule has 2 heterocycles. The molecule has 1 saturated heterocycles. The molecular formula is C36H29Cl2N3O4S2. The van der Waals surface area contributed by atoms with Crippen LogP contribution >= 0.6 is 47.2 Å². The van der Waals surface area contributed by atoms with Gasteiger partial charge in [0.25, 0.3) is 5.91 Å². The van der Waals surface area contributed by atoms with E-state index in [0.29, 0.717) is 56.1 Å². The first kappa shape index (κ1) is 32.7. The van der Waals surface area contributed by atoms with E-state index in [1.54, 1.807) is 31.3 Å². The number of benzene rings is 4. The number of thioether (sulfide) groups is 1. The Labute approximate surface area is 292 Å². The highest BCUT2D eigenvalue weighted by atomic mass is 35.5. The van der Waals surface area contributed by atoms with Gasteiger partial charge < -0.3 is 14.2 Å². The Morgan fingerprint density at radius 2 is 1.68 bits per heavy atom. The maximum absolute atomic E-state index is 13.6. The highest BCUT2D eigenvalue weighted by Crippen LogP contribution is 2.36. The zero-order valence-corrected chi connectivity index (χ0v) is 28.6. The Balaban J connectivity index is 1.23. The number of carbonyl (C=O) groups is 1. The van der Waals surface area contributed by atoms with Crippen LogP contribution in [0.4, 0.5) is 0 Å². The molecule has 0 N–H and O–H groups in total. The Morgan fingerprint density at radius 3 is 2.40 bits per heavy atom. The van der Waals surface area contributed by atoms with Gasteiger partial charge in [-0.15, -0.1) is 0 Å². The van der Waals surface area contributed by atoms with Crippen LogP contribution in [0.2, 0.25) is 10.0 Å². The number of thiocarbonyl (C=S) groups is 1. The predicted octanol–water partition coefficient (Wildman–Crippen LogP) is 8.89. The molecule has 4 aromatic carbocycles. The fourth-order valence-electron chi connectivity index (χ4n) is 5.05. The smallest absolute Gasteiger partial charge is 0.266 e. The lowest BCUT2D eigenvalue weighted by Crippen LogP contribution is -2.30. The summed E-state index contributed by atoms with van der Waals surface area (Å²) in [6.07, 6.45) is 4.40. The molecule has 1 aromatic heterocycles. The van der Waals surface area contributed by atoms with Crippen molar-refractivity contribution in [3.63, 3.8) is 0 Å². The number of amides is 1. The van der Waals surface area contributed by atoms with Gasteiger partial charge in [-0.3, -0.25) is 9.69 Å². The Hall–Kier alpha value is -4.28. The van der Waals surface area contributed by atoms with E-state index < -0.39 is 0 Å². The second-order valence-corrected chi connectivity index (χ2v) is 13.1. The average molecular weight is 703 g/mol. The third kappa shape index (κ3) is 7.49. The van der Waals surface area contributed by atoms with E-state index in [0.717, 1.165) is 33.6 Å². The first-order valence-corrected chi connectivity index (χ1v) is 16.6. The van der Waals surface area contributed by atoms with Crippen LogP contribution in [0.25, 0.3) is 23.0 Å². The van der Waals surface area contributed by atoms with E-state index in [1.807, 2.05) is 95.8 Å². The SMILES string of the molecule is COc1ccc(CCN2C(=O)/C(=C/c3cn(-c4ccccc4)nc3-c3ccc(OCc4ccc(Cl)cc4Cl)cc3)SC2=S)cc1OC. The molecule has 1 amide bonds. The normalized spacial score (nSPS) is 13.8. The molecule has 0 spiro atoms. The van der Waals surface area contributed by atoms with Gasteiger partial charge in [-0.1, -0.05) is 77.5 Å². The number of hydrogen-bond donors (Lipinski definition) is 0. The molecule has 47 heavy (non-hydrogen) atoms. The van der Waals surface area contributed by atoms with Crippen LogP contribution in [0, 0.1) is 0 Å². The fraction of sp³-hybridized carbons (Fsp3) is 0.139. The first-order chi connectivity index (χ1) is 22.8. The number of ether oxygens (including phenoxy) is 3. The summed E-state index contributed by atoms with van der Waals surface area (Å²) in [7, 11) is 3.20. The molecular weight excluding hydrogens is 673 g/mol. The summed E-state index contributed by atoms with van der Waals surface area (Å²) in [5.41, 5.74) is 5.12. The molecule has 0 saturated carbocycles. The van der Waals surface area contributed by atoms with Crippen LogP contribution < -0.4 is 14.2 Å². The maximum Gasteiger partial charge on any atom is 0.266 e. The molecule has 1 aliphatic rings. The quantitative estimate of drug-likeness (QED) is 0.101. The minimum Gasteiger partial charge on any atom is -0.493 e. The van der Waals surface area contributed by atoms with Crippen molar-refractivity contribution in [1.29, 1.82) is 0 Å². The first-order valence-electron chi connectivity index (χ1n) is 14.6. The van der Waals surface area contributed by atoms with E-state index in [4.69, 9.17) is 54.7 Å². The van der Waals surface area contributed by atoms with Crippen LogP contribution in [-0.2, 0) is 17.8 Å². The number of methoxy groups -OCH3 is 2. The van der Waals surface area contributed by atoms with E-state index in [-0.39, 0.29) is 5.91 Å². The van der Waals surface area contributed by atoms with Crippen molar-refractivity contribution >= 4 is 63.5 Å². The summed E-state index contributed by atoms with van der Waals surface area (Å²) in [4.78, 5) is 15.8. The fourth-order valence-corrected chi connectivity index (χ4v) is 6.81. The minimum absolute atomic E-state index is 0.136. The Morgan fingerprint density at radius 1 is 0.915 bits per heavy atom. The summed E-state index contributed by atoms with van der Waals surface area (Å²) < 4.78 is 19.1. The van der Waals surface area contributed by atoms with E-state index in [9.17, 15) is 4.79 Å². The number of nitrogens with zero attached hydrogens (tertiary/aromatic N) is 3. The number of para-hydroxylation sites is 1. The van der Waals surface area contributed by atoms with Crippen LogP contribution in [0.3, 0.4) is 0 Å². The monoisotopic (exact) mass is 701 g/mol. The lowest BCUT2D eigenvalue weighted by molar-refractivity contribution is -0.122. The van der Waals surface area contributed by atoms with Gasteiger partial charge in [-0.2, -0.15) is 5.10 Å². The lowest BCUT2D eigenvalue weighted by Gasteiger charge is -2.15. The minimum atomic E-state index is -0.136. The molecule has 5 aromatic rings. The number of hydrogen-bond acceptors (Lipinski definition) is 7. The predicted molar refractivity (Wildman–Crippen MR) is 193 cm³/mol. The van der Waals surface area contributed by atoms with Gasteiger partial charge in [-0.05, 0) is 78.7 Å². The van der Waals surface area contributed by atoms with Crippen LogP contribution in [0.5, 0.6) is 17.2 Å². The van der Waals surface area contributed by atoms with Crippen molar-refractivity contribution in [3.05, 3.63) is 129 Å². The highest BCUT2D eigenvalue weighted by molar-refractivity contribution is 8.26. The lowest BCUT2D eigenvalue weighted by atomic mass is 10.1. The Kier molecular flexibility index (Phi) is 10.2. The molecule has 0 atom stereocenters. The summed E-state index contributed by atoms with van der Waals surface area (Å²) >= 11 is 19.3. The molecule has 0 bridgehead atoms. The summed E-state index contributed by atoms with van der Waals surface area (Å²) in [6.45, 7) is 0.743. The van der Waals surface area contributed by atoms with Gasteiger partial charge in [0.15, 0.2) is 11.5 Å². The van der Waals surface area contributed by atoms with Crippen LogP contribution in [-0.4, -0.2) is 45.7 Å². The molecule has 11 heteroatoms. The zero-order valence-electron chi connectivity index (χ0n) is 25.5. The van der Waals surface area contributed by atoms with Crippen molar-refractivity contribution in [1.82, 2.24) is 14.7 Å². The highest BCUT2D eigenvalue weighted by Gasteiger charge is 2.32. The maximum atomic E-state index is 13.6. The number of carbonyl (C=O) groups excluding carboxylic acids is 1. The molecule has 6 rings (SSSR count). The topological polar surface area (TPSA) is 65.8 Å². The molecule has 238 valence electrons. The van der Waals surface area contributed by atoms with Crippen molar-refractivity contribution in [2.24, 2.45) is 0 Å². The van der Waals surface area contributed by atoms with Crippen LogP contribution in [0.1, 0.15) is 16.7 Å². The average Bonchev–Trinajstić information content (AvgIpc) is 3.63. The number of rotatable bonds is 11. The zero-order chi connectivity index (χ0) is 32.9. The Bertz CT molecular complexity index is 1960. The third-order valence-corrected chi connectivity index (χ3v) is 9.50. The van der Waals surface area contributed by atoms with Crippen molar-refractivity contribution in [3.8, 4) is 34.2 Å². The van der Waals surface area contributed by atoms with Gasteiger partial charge in [0.1, 0.15) is 16.7 Å². The largest absolute Gasteiger partial charge is 0.493 e. The number of halogens is 2. The number of aromatic nitrogens is 2. The molecule has 0 aliphatic carbocycles. The standard InChI is InChI=1S/C36H29Cl2N3O4S2/c1-43-31-15-8-23(18-32(31)44-2)16-17-40-35(42)33(47-36(40)46)19-26-21-41(28-6-4-3-5-7-28)39-34(26)24-10-13-29(14-11-24)45-22-25-9-12-27(37)20-30(25)38/h3-15,18-21H,16-17,22H2,1-2H3/b33-19-. The molecule has 1 aliphatic heterocycles. The van der Waals surface area contributed by atoms with E-state index >= 15 is 0 Å². The molecule has 1 fully saturated rings. The van der Waals surface area contributed by atoms with Gasteiger partial charge in [0, 0.05) is 39.5 Å². The second-order valence-electron chi connectivity index (χ2n) is 10.5. The summed E-state index contributed by atoms with van der Waals surface area (Å²) in [5.74, 6) is 1.84. The van der Waals surface area contributed by atoms with E-state index in [2.05, 4.69) is 0 Å². The van der Waals surface area contributed by atoms with Crippen molar-refractivity contribution in [2.75, 3.05) is 20.8 Å².